The molecule has 2 atom stereocenters. The van der Waals surface area contributed by atoms with Crippen molar-refractivity contribution in [1.82, 2.24) is 14.8 Å². The van der Waals surface area contributed by atoms with E-state index < -0.39 is 76.3 Å². The number of hydrogen-bond donors (Lipinski definition) is 2. The Hall–Kier alpha value is -4.61. The summed E-state index contributed by atoms with van der Waals surface area (Å²) in [6.45, 7) is 8.63. The van der Waals surface area contributed by atoms with Crippen molar-refractivity contribution in [3.8, 4) is 23.5 Å². The van der Waals surface area contributed by atoms with Crippen LogP contribution in [0.15, 0.2) is 35.3 Å². The van der Waals surface area contributed by atoms with Crippen LogP contribution in [0.5, 0.6) is 0 Å². The molecule has 2 N–H and O–H groups in total. The lowest BCUT2D eigenvalue weighted by Crippen LogP contribution is -2.41. The highest BCUT2D eigenvalue weighted by molar-refractivity contribution is 5.82. The number of benzene rings is 2. The number of hydrogen-bond acceptors (Lipinski definition) is 5. The van der Waals surface area contributed by atoms with Gasteiger partial charge in [-0.25, -0.2) is 13.2 Å². The fourth-order valence-corrected chi connectivity index (χ4v) is 6.65. The summed E-state index contributed by atoms with van der Waals surface area (Å²) in [6, 6.07) is 0.329. The lowest BCUT2D eigenvalue weighted by Gasteiger charge is -2.27. The Morgan fingerprint density at radius 2 is 1.71 bits per heavy atom. The summed E-state index contributed by atoms with van der Waals surface area (Å²) in [5.74, 6) is -4.01. The van der Waals surface area contributed by atoms with Crippen molar-refractivity contribution in [2.45, 2.75) is 71.6 Å². The van der Waals surface area contributed by atoms with Gasteiger partial charge in [0.1, 0.15) is 23.5 Å². The maximum atomic E-state index is 16.5. The van der Waals surface area contributed by atoms with Crippen molar-refractivity contribution < 1.29 is 45.8 Å². The molecular formula is C38H41F6N3O5. The van der Waals surface area contributed by atoms with Gasteiger partial charge in [0.15, 0.2) is 0 Å². The third-order valence-corrected chi connectivity index (χ3v) is 9.01. The number of pyridine rings is 1. The van der Waals surface area contributed by atoms with Crippen LogP contribution in [-0.2, 0) is 26.9 Å². The molecule has 1 aliphatic rings. The van der Waals surface area contributed by atoms with Crippen molar-refractivity contribution in [2.75, 3.05) is 32.8 Å². The van der Waals surface area contributed by atoms with Gasteiger partial charge in [0.25, 0.3) is 5.56 Å². The lowest BCUT2D eigenvalue weighted by molar-refractivity contribution is -0.139. The van der Waals surface area contributed by atoms with Gasteiger partial charge in [-0.3, -0.25) is 14.4 Å². The molecule has 52 heavy (non-hydrogen) atoms. The van der Waals surface area contributed by atoms with Crippen LogP contribution in [0.2, 0.25) is 0 Å². The number of terminal acetylenes is 1. The Bertz CT molecular complexity index is 1890. The molecule has 2 aromatic carbocycles. The summed E-state index contributed by atoms with van der Waals surface area (Å²) in [7, 11) is 0. The zero-order valence-corrected chi connectivity index (χ0v) is 29.3. The summed E-state index contributed by atoms with van der Waals surface area (Å²) in [4.78, 5) is 41.4. The number of carbonyl (C=O) groups excluding carboxylic acids is 1. The molecule has 1 aromatic heterocycles. The van der Waals surface area contributed by atoms with E-state index in [1.54, 1.807) is 13.8 Å². The van der Waals surface area contributed by atoms with E-state index in [0.717, 1.165) is 29.0 Å². The minimum absolute atomic E-state index is 0.103. The molecule has 1 aliphatic heterocycles. The normalized spacial score (nSPS) is 15.2. The fourth-order valence-electron chi connectivity index (χ4n) is 6.65. The van der Waals surface area contributed by atoms with E-state index >= 15 is 8.78 Å². The number of aromatic nitrogens is 1. The highest BCUT2D eigenvalue weighted by Crippen LogP contribution is 2.38. The third kappa shape index (κ3) is 9.43. The average molecular weight is 734 g/mol. The Balaban J connectivity index is 1.82. The second-order valence-corrected chi connectivity index (χ2v) is 13.4. The summed E-state index contributed by atoms with van der Waals surface area (Å²) < 4.78 is 95.4. The fraction of sp³-hybridized carbons (Fsp3) is 0.447. The van der Waals surface area contributed by atoms with Crippen molar-refractivity contribution >= 4 is 11.9 Å². The minimum Gasteiger partial charge on any atom is -0.481 e. The van der Waals surface area contributed by atoms with Crippen LogP contribution < -0.4 is 10.9 Å². The summed E-state index contributed by atoms with van der Waals surface area (Å²) in [5.41, 5.74) is -3.42. The Morgan fingerprint density at radius 3 is 2.31 bits per heavy atom. The number of alkyl halides is 3. The molecule has 0 aliphatic carbocycles. The molecule has 0 radical (unpaired) electrons. The zero-order valence-electron chi connectivity index (χ0n) is 29.3. The van der Waals surface area contributed by atoms with E-state index in [1.165, 1.54) is 13.8 Å². The van der Waals surface area contributed by atoms with E-state index in [4.69, 9.17) is 11.2 Å². The van der Waals surface area contributed by atoms with Crippen LogP contribution in [0, 0.1) is 49.6 Å². The smallest absolute Gasteiger partial charge is 0.416 e. The van der Waals surface area contributed by atoms with Crippen LogP contribution in [0.4, 0.5) is 26.3 Å². The number of rotatable bonds is 12. The molecule has 14 heteroatoms. The van der Waals surface area contributed by atoms with Gasteiger partial charge in [0.05, 0.1) is 30.2 Å². The number of amides is 1. The third-order valence-electron chi connectivity index (χ3n) is 9.01. The molecule has 8 nitrogen and oxygen atoms in total. The highest BCUT2D eigenvalue weighted by atomic mass is 19.4. The predicted molar refractivity (Wildman–Crippen MR) is 182 cm³/mol. The maximum Gasteiger partial charge on any atom is 0.416 e. The molecule has 0 spiro atoms. The van der Waals surface area contributed by atoms with E-state index in [0.29, 0.717) is 38.8 Å². The number of carbonyl (C=O) groups is 2. The van der Waals surface area contributed by atoms with Gasteiger partial charge >= 0.3 is 12.1 Å². The Labute approximate surface area is 297 Å². The Kier molecular flexibility index (Phi) is 13.0. The van der Waals surface area contributed by atoms with Crippen molar-refractivity contribution in [3.63, 3.8) is 0 Å². The van der Waals surface area contributed by atoms with Gasteiger partial charge in [0.2, 0.25) is 5.91 Å². The molecule has 0 saturated carbocycles. The van der Waals surface area contributed by atoms with Gasteiger partial charge in [-0.05, 0) is 79.5 Å². The molecule has 0 unspecified atom stereocenters. The Morgan fingerprint density at radius 1 is 1.04 bits per heavy atom. The molecular weight excluding hydrogens is 692 g/mol. The first-order valence-electron chi connectivity index (χ1n) is 16.8. The standard InChI is InChI=1S/C38H41F6N3O5/c1-6-24-17-27(33-22(4)15-26(39)16-23(33)5)36(41)34(35(24)40)29(19-32(49)50)45-37(51)30(14-21(2)3)47-20-25(28(18-31(47)48)38(42,43)44)8-10-46-9-7-12-52-13-11-46/h1,15-18,20-21,29-30H,7-14,19H2,2-5H3,(H,45,51)(H,49,50)/t29-,30+/m0/s1. The first kappa shape index (κ1) is 40.2. The molecule has 0 bridgehead atoms. The monoisotopic (exact) mass is 733 g/mol. The van der Waals surface area contributed by atoms with Crippen LogP contribution in [0.3, 0.4) is 0 Å². The van der Waals surface area contributed by atoms with Gasteiger partial charge in [-0.1, -0.05) is 19.8 Å². The summed E-state index contributed by atoms with van der Waals surface area (Å²) >= 11 is 0. The van der Waals surface area contributed by atoms with Crippen molar-refractivity contribution in [2.24, 2.45) is 5.92 Å². The number of ether oxygens (including phenoxy) is 1. The highest BCUT2D eigenvalue weighted by Gasteiger charge is 2.37. The number of aliphatic carboxylic acids is 1. The van der Waals surface area contributed by atoms with Crippen LogP contribution >= 0.6 is 0 Å². The van der Waals surface area contributed by atoms with E-state index in [2.05, 4.69) is 11.2 Å². The number of halogens is 6. The van der Waals surface area contributed by atoms with Gasteiger partial charge in [0, 0.05) is 49.6 Å². The molecule has 280 valence electrons. The van der Waals surface area contributed by atoms with Gasteiger partial charge < -0.3 is 24.6 Å². The number of carboxylic acids is 1. The SMILES string of the molecule is C#Cc1cc(-c2c(C)cc(F)cc2C)c(F)c([C@H](CC(=O)O)NC(=O)[C@@H](CC(C)C)n2cc(CCN3CCCOCC3)c(C(F)(F)F)cc2=O)c1F. The summed E-state index contributed by atoms with van der Waals surface area (Å²) in [5, 5.41) is 12.2. The second-order valence-electron chi connectivity index (χ2n) is 13.4. The van der Waals surface area contributed by atoms with E-state index in [1.807, 2.05) is 4.90 Å². The molecule has 2 heterocycles. The first-order chi connectivity index (χ1) is 24.4. The quantitative estimate of drug-likeness (QED) is 0.158. The first-order valence-corrected chi connectivity index (χ1v) is 16.8. The van der Waals surface area contributed by atoms with Gasteiger partial charge in [-0.15, -0.1) is 6.42 Å². The second kappa shape index (κ2) is 16.8. The van der Waals surface area contributed by atoms with Crippen molar-refractivity contribution in [1.29, 1.82) is 0 Å². The van der Waals surface area contributed by atoms with Crippen molar-refractivity contribution in [3.05, 3.63) is 91.6 Å². The average Bonchev–Trinajstić information content (AvgIpc) is 3.31. The molecule has 4 rings (SSSR count). The molecule has 3 aromatic rings. The van der Waals surface area contributed by atoms with Crippen LogP contribution in [-0.4, -0.2) is 59.3 Å². The van der Waals surface area contributed by atoms with Gasteiger partial charge in [-0.2, -0.15) is 13.2 Å². The predicted octanol–water partition coefficient (Wildman–Crippen LogP) is 6.73. The maximum absolute atomic E-state index is 16.5. The minimum atomic E-state index is -4.88. The molecule has 1 saturated heterocycles. The van der Waals surface area contributed by atoms with Crippen LogP contribution in [0.1, 0.15) is 78.6 Å². The number of aryl methyl sites for hydroxylation is 2. The topological polar surface area (TPSA) is 101 Å². The number of nitrogens with one attached hydrogen (secondary N) is 1. The number of carboxylic acid groups (broad SMARTS) is 1. The molecule has 1 amide bonds. The van der Waals surface area contributed by atoms with E-state index in [9.17, 15) is 37.1 Å². The zero-order chi connectivity index (χ0) is 38.5. The van der Waals surface area contributed by atoms with E-state index in [-0.39, 0.29) is 53.1 Å². The van der Waals surface area contributed by atoms with Crippen LogP contribution in [0.25, 0.3) is 11.1 Å². The largest absolute Gasteiger partial charge is 0.481 e. The lowest BCUT2D eigenvalue weighted by atomic mass is 9.89. The summed E-state index contributed by atoms with van der Waals surface area (Å²) in [6.07, 6.45) is 1.09. The molecule has 1 fully saturated rings. The number of nitrogens with zero attached hydrogens (tertiary/aromatic N) is 2.